The van der Waals surface area contributed by atoms with Gasteiger partial charge in [-0.3, -0.25) is 0 Å². The second-order valence-corrected chi connectivity index (χ2v) is 5.04. The van der Waals surface area contributed by atoms with Gasteiger partial charge in [0.2, 0.25) is 0 Å². The summed E-state index contributed by atoms with van der Waals surface area (Å²) >= 11 is 5.92. The molecule has 4 heteroatoms. The number of ether oxygens (including phenoxy) is 1. The molecule has 90 valence electrons. The van der Waals surface area contributed by atoms with E-state index >= 15 is 0 Å². The average Bonchev–Trinajstić information content (AvgIpc) is 2.85. The lowest BCUT2D eigenvalue weighted by Crippen LogP contribution is -1.89. The second-order valence-electron chi connectivity index (χ2n) is 3.65. The van der Waals surface area contributed by atoms with Crippen LogP contribution >= 0.6 is 24.0 Å². The smallest absolute Gasteiger partial charge is 0.128 e. The van der Waals surface area contributed by atoms with E-state index in [1.807, 2.05) is 24.3 Å². The summed E-state index contributed by atoms with van der Waals surface area (Å²) in [5.41, 5.74) is 2.06. The number of aromatic nitrogens is 1. The first-order chi connectivity index (χ1) is 8.35. The first-order valence-corrected chi connectivity index (χ1v) is 7.05. The highest BCUT2D eigenvalue weighted by molar-refractivity contribution is 7.80. The summed E-state index contributed by atoms with van der Waals surface area (Å²) < 4.78 is 5.34. The number of thiazole rings is 1. The van der Waals surface area contributed by atoms with Gasteiger partial charge in [0.15, 0.2) is 0 Å². The van der Waals surface area contributed by atoms with Crippen molar-refractivity contribution >= 4 is 24.0 Å². The highest BCUT2D eigenvalue weighted by Crippen LogP contribution is 2.30. The second kappa shape index (κ2) is 6.07. The Morgan fingerprint density at radius 1 is 1.35 bits per heavy atom. The molecule has 2 rings (SSSR count). The lowest BCUT2D eigenvalue weighted by atomic mass is 10.1. The molecule has 17 heavy (non-hydrogen) atoms. The molecule has 0 saturated carbocycles. The van der Waals surface area contributed by atoms with Gasteiger partial charge in [0.05, 0.1) is 17.8 Å². The normalized spacial score (nSPS) is 10.5. The SMILES string of the molecule is COc1ccccc1-c1csc(CCCS)n1. The van der Waals surface area contributed by atoms with Crippen LogP contribution in [0.2, 0.25) is 0 Å². The Labute approximate surface area is 111 Å². The summed E-state index contributed by atoms with van der Waals surface area (Å²) in [5.74, 6) is 1.78. The highest BCUT2D eigenvalue weighted by Gasteiger charge is 2.08. The predicted molar refractivity (Wildman–Crippen MR) is 76.3 cm³/mol. The van der Waals surface area contributed by atoms with Crippen LogP contribution in [0, 0.1) is 0 Å². The predicted octanol–water partition coefficient (Wildman–Crippen LogP) is 3.68. The van der Waals surface area contributed by atoms with E-state index in [0.717, 1.165) is 35.6 Å². The van der Waals surface area contributed by atoms with Crippen LogP contribution in [0.1, 0.15) is 11.4 Å². The number of hydrogen-bond donors (Lipinski definition) is 1. The highest BCUT2D eigenvalue weighted by atomic mass is 32.1. The molecule has 0 atom stereocenters. The van der Waals surface area contributed by atoms with E-state index in [0.29, 0.717) is 0 Å². The monoisotopic (exact) mass is 265 g/mol. The molecule has 2 nitrogen and oxygen atoms in total. The molecule has 2 aromatic rings. The van der Waals surface area contributed by atoms with E-state index in [-0.39, 0.29) is 0 Å². The van der Waals surface area contributed by atoms with Crippen LogP contribution < -0.4 is 4.74 Å². The average molecular weight is 265 g/mol. The third-order valence-electron chi connectivity index (χ3n) is 2.48. The maximum atomic E-state index is 5.34. The largest absolute Gasteiger partial charge is 0.496 e. The molecule has 1 heterocycles. The van der Waals surface area contributed by atoms with E-state index in [1.54, 1.807) is 18.4 Å². The fourth-order valence-corrected chi connectivity index (χ4v) is 2.63. The summed E-state index contributed by atoms with van der Waals surface area (Å²) in [6, 6.07) is 7.97. The summed E-state index contributed by atoms with van der Waals surface area (Å²) in [7, 11) is 1.69. The molecule has 0 aliphatic rings. The van der Waals surface area contributed by atoms with Gasteiger partial charge in [0.1, 0.15) is 5.75 Å². The van der Waals surface area contributed by atoms with Gasteiger partial charge in [0, 0.05) is 17.4 Å². The quantitative estimate of drug-likeness (QED) is 0.833. The van der Waals surface area contributed by atoms with Crippen LogP contribution in [0.15, 0.2) is 29.6 Å². The Hall–Kier alpha value is -1.00. The van der Waals surface area contributed by atoms with Gasteiger partial charge in [-0.15, -0.1) is 11.3 Å². The standard InChI is InChI=1S/C13H15NOS2/c1-15-12-6-3-2-5-10(12)11-9-17-13(14-11)7-4-8-16/h2-3,5-6,9,16H,4,7-8H2,1H3. The molecule has 0 aliphatic heterocycles. The molecule has 0 unspecified atom stereocenters. The molecule has 0 radical (unpaired) electrons. The number of rotatable bonds is 5. The molecular formula is C13H15NOS2. The van der Waals surface area contributed by atoms with Crippen LogP contribution in [0.25, 0.3) is 11.3 Å². The molecule has 0 saturated heterocycles. The molecular weight excluding hydrogens is 250 g/mol. The Balaban J connectivity index is 2.24. The fraction of sp³-hybridized carbons (Fsp3) is 0.308. The van der Waals surface area contributed by atoms with E-state index in [1.165, 1.54) is 5.01 Å². The van der Waals surface area contributed by atoms with Gasteiger partial charge in [-0.2, -0.15) is 12.6 Å². The van der Waals surface area contributed by atoms with Gasteiger partial charge < -0.3 is 4.74 Å². The molecule has 0 fully saturated rings. The summed E-state index contributed by atoms with van der Waals surface area (Å²) in [6.45, 7) is 0. The van der Waals surface area contributed by atoms with E-state index in [4.69, 9.17) is 4.74 Å². The first-order valence-electron chi connectivity index (χ1n) is 5.54. The van der Waals surface area contributed by atoms with Gasteiger partial charge in [-0.25, -0.2) is 4.98 Å². The topological polar surface area (TPSA) is 22.1 Å². The molecule has 0 bridgehead atoms. The summed E-state index contributed by atoms with van der Waals surface area (Å²) in [4.78, 5) is 4.63. The minimum absolute atomic E-state index is 0.874. The number of nitrogens with zero attached hydrogens (tertiary/aromatic N) is 1. The van der Waals surface area contributed by atoms with Crippen molar-refractivity contribution < 1.29 is 4.74 Å². The number of thiol groups is 1. The number of benzene rings is 1. The summed E-state index contributed by atoms with van der Waals surface area (Å²) in [5, 5.41) is 3.26. The van der Waals surface area contributed by atoms with Crippen LogP contribution in [-0.2, 0) is 6.42 Å². The van der Waals surface area contributed by atoms with Crippen molar-refractivity contribution in [2.75, 3.05) is 12.9 Å². The molecule has 1 aromatic heterocycles. The van der Waals surface area contributed by atoms with Gasteiger partial charge in [0.25, 0.3) is 0 Å². The zero-order valence-corrected chi connectivity index (χ0v) is 11.4. The number of aryl methyl sites for hydroxylation is 1. The molecule has 0 N–H and O–H groups in total. The molecule has 0 spiro atoms. The molecule has 1 aromatic carbocycles. The van der Waals surface area contributed by atoms with Gasteiger partial charge >= 0.3 is 0 Å². The van der Waals surface area contributed by atoms with Crippen molar-refractivity contribution in [3.8, 4) is 17.0 Å². The first kappa shape index (κ1) is 12.5. The van der Waals surface area contributed by atoms with Crippen molar-refractivity contribution in [2.45, 2.75) is 12.8 Å². The van der Waals surface area contributed by atoms with Crippen molar-refractivity contribution in [2.24, 2.45) is 0 Å². The van der Waals surface area contributed by atoms with E-state index in [2.05, 4.69) is 23.0 Å². The van der Waals surface area contributed by atoms with Gasteiger partial charge in [-0.1, -0.05) is 12.1 Å². The minimum Gasteiger partial charge on any atom is -0.496 e. The van der Waals surface area contributed by atoms with E-state index < -0.39 is 0 Å². The lowest BCUT2D eigenvalue weighted by Gasteiger charge is -2.04. The molecule has 0 amide bonds. The maximum absolute atomic E-state index is 5.34. The Morgan fingerprint density at radius 3 is 2.94 bits per heavy atom. The number of para-hydroxylation sites is 1. The zero-order chi connectivity index (χ0) is 12.1. The van der Waals surface area contributed by atoms with Crippen LogP contribution in [-0.4, -0.2) is 17.8 Å². The fourth-order valence-electron chi connectivity index (χ4n) is 1.64. The van der Waals surface area contributed by atoms with Crippen LogP contribution in [0.5, 0.6) is 5.75 Å². The van der Waals surface area contributed by atoms with Crippen molar-refractivity contribution in [3.63, 3.8) is 0 Å². The summed E-state index contributed by atoms with van der Waals surface area (Å²) in [6.07, 6.45) is 2.07. The number of methoxy groups -OCH3 is 1. The van der Waals surface area contributed by atoms with E-state index in [9.17, 15) is 0 Å². The Bertz CT molecular complexity index is 482. The Kier molecular flexibility index (Phi) is 4.45. The van der Waals surface area contributed by atoms with Crippen molar-refractivity contribution in [1.29, 1.82) is 0 Å². The number of hydrogen-bond acceptors (Lipinski definition) is 4. The van der Waals surface area contributed by atoms with Crippen LogP contribution in [0.4, 0.5) is 0 Å². The Morgan fingerprint density at radius 2 is 2.18 bits per heavy atom. The molecule has 0 aliphatic carbocycles. The zero-order valence-electron chi connectivity index (χ0n) is 9.72. The minimum atomic E-state index is 0.874. The van der Waals surface area contributed by atoms with Crippen molar-refractivity contribution in [1.82, 2.24) is 4.98 Å². The van der Waals surface area contributed by atoms with Gasteiger partial charge in [-0.05, 0) is 24.3 Å². The third kappa shape index (κ3) is 3.01. The van der Waals surface area contributed by atoms with Crippen LogP contribution in [0.3, 0.4) is 0 Å². The maximum Gasteiger partial charge on any atom is 0.128 e. The third-order valence-corrected chi connectivity index (χ3v) is 3.71. The lowest BCUT2D eigenvalue weighted by molar-refractivity contribution is 0.416. The van der Waals surface area contributed by atoms with Crippen molar-refractivity contribution in [3.05, 3.63) is 34.7 Å².